The largest absolute Gasteiger partial charge is 0.249 e. The van der Waals surface area contributed by atoms with Gasteiger partial charge >= 0.3 is 0 Å². The van der Waals surface area contributed by atoms with E-state index in [1.165, 1.54) is 59.3 Å². The highest BCUT2D eigenvalue weighted by molar-refractivity contribution is 5.93. The standard InChI is InChI=1S/C29H28N2/c1-19-22-14-9-15-29(2,18-22)28-27(19)30-25-16-23(20-10-5-3-6-11-20)24(17-26(25)31-28)21-12-7-4-8-13-21/h3-8,10-13,16-17,19,22H,9,14-15,18H2,1-2H3. The molecular weight excluding hydrogens is 376 g/mol. The number of hydrogen-bond donors (Lipinski definition) is 0. The fraction of sp³-hybridized carbons (Fsp3) is 0.310. The van der Waals surface area contributed by atoms with Gasteiger partial charge in [0, 0.05) is 11.3 Å². The van der Waals surface area contributed by atoms with Crippen LogP contribution in [0.5, 0.6) is 0 Å². The number of aromatic nitrogens is 2. The summed E-state index contributed by atoms with van der Waals surface area (Å²) in [6, 6.07) is 25.9. The summed E-state index contributed by atoms with van der Waals surface area (Å²) >= 11 is 0. The Bertz CT molecular complexity index is 1260. The van der Waals surface area contributed by atoms with Crippen LogP contribution in [0.4, 0.5) is 0 Å². The lowest BCUT2D eigenvalue weighted by Crippen LogP contribution is -2.39. The van der Waals surface area contributed by atoms with E-state index in [9.17, 15) is 0 Å². The van der Waals surface area contributed by atoms with E-state index in [-0.39, 0.29) is 5.41 Å². The SMILES string of the molecule is CC1c2nc3cc(-c4ccccc4)c(-c4ccccc4)cc3nc2C2(C)CCCC1C2. The smallest absolute Gasteiger partial charge is 0.0897 e. The van der Waals surface area contributed by atoms with E-state index < -0.39 is 0 Å². The number of hydrogen-bond acceptors (Lipinski definition) is 2. The molecule has 0 aliphatic heterocycles. The average Bonchev–Trinajstić information content (AvgIpc) is 2.82. The second kappa shape index (κ2) is 7.02. The highest BCUT2D eigenvalue weighted by Crippen LogP contribution is 2.52. The van der Waals surface area contributed by atoms with Gasteiger partial charge in [0.05, 0.1) is 22.4 Å². The molecule has 0 spiro atoms. The minimum Gasteiger partial charge on any atom is -0.249 e. The van der Waals surface area contributed by atoms with Crippen LogP contribution in [-0.4, -0.2) is 9.97 Å². The maximum atomic E-state index is 5.32. The molecule has 2 aliphatic carbocycles. The van der Waals surface area contributed by atoms with Gasteiger partial charge in [-0.25, -0.2) is 9.97 Å². The molecule has 0 radical (unpaired) electrons. The molecule has 0 saturated heterocycles. The molecule has 2 bridgehead atoms. The minimum atomic E-state index is 0.178. The lowest BCUT2D eigenvalue weighted by atomic mass is 9.60. The fourth-order valence-electron chi connectivity index (χ4n) is 5.99. The van der Waals surface area contributed by atoms with Gasteiger partial charge in [-0.05, 0) is 59.6 Å². The van der Waals surface area contributed by atoms with Crippen LogP contribution in [0.1, 0.15) is 56.8 Å². The second-order valence-electron chi connectivity index (χ2n) is 9.78. The highest BCUT2D eigenvalue weighted by atomic mass is 14.9. The highest BCUT2D eigenvalue weighted by Gasteiger charge is 2.44. The van der Waals surface area contributed by atoms with Gasteiger partial charge in [0.1, 0.15) is 0 Å². The van der Waals surface area contributed by atoms with Gasteiger partial charge in [-0.3, -0.25) is 0 Å². The molecule has 154 valence electrons. The third kappa shape index (κ3) is 3.00. The Morgan fingerprint density at radius 3 is 2.00 bits per heavy atom. The summed E-state index contributed by atoms with van der Waals surface area (Å²) in [5.41, 5.74) is 9.62. The number of rotatable bonds is 2. The molecule has 0 amide bonds. The van der Waals surface area contributed by atoms with Gasteiger partial charge in [0.15, 0.2) is 0 Å². The van der Waals surface area contributed by atoms with Crippen molar-refractivity contribution >= 4 is 11.0 Å². The Morgan fingerprint density at radius 2 is 1.39 bits per heavy atom. The van der Waals surface area contributed by atoms with Gasteiger partial charge in [-0.1, -0.05) is 80.9 Å². The van der Waals surface area contributed by atoms with Gasteiger partial charge in [0.2, 0.25) is 0 Å². The van der Waals surface area contributed by atoms with Crippen LogP contribution in [0.25, 0.3) is 33.3 Å². The number of benzene rings is 3. The zero-order chi connectivity index (χ0) is 21.0. The normalized spacial score (nSPS) is 24.7. The van der Waals surface area contributed by atoms with Crippen molar-refractivity contribution in [1.82, 2.24) is 9.97 Å². The third-order valence-corrected chi connectivity index (χ3v) is 7.73. The quantitative estimate of drug-likeness (QED) is 0.345. The van der Waals surface area contributed by atoms with E-state index >= 15 is 0 Å². The van der Waals surface area contributed by atoms with E-state index in [2.05, 4.69) is 86.6 Å². The molecule has 4 aromatic rings. The van der Waals surface area contributed by atoms with Crippen molar-refractivity contribution in [3.8, 4) is 22.3 Å². The van der Waals surface area contributed by atoms with E-state index in [1.807, 2.05) is 0 Å². The topological polar surface area (TPSA) is 25.8 Å². The number of fused-ring (bicyclic) bond motifs is 5. The van der Waals surface area contributed by atoms with E-state index in [0.29, 0.717) is 5.92 Å². The summed E-state index contributed by atoms with van der Waals surface area (Å²) in [5.74, 6) is 1.24. The van der Waals surface area contributed by atoms with Crippen molar-refractivity contribution in [1.29, 1.82) is 0 Å². The van der Waals surface area contributed by atoms with Crippen molar-refractivity contribution in [3.63, 3.8) is 0 Å². The summed E-state index contributed by atoms with van der Waals surface area (Å²) in [6.45, 7) is 4.78. The average molecular weight is 405 g/mol. The molecule has 0 N–H and O–H groups in total. The van der Waals surface area contributed by atoms with Crippen molar-refractivity contribution in [2.24, 2.45) is 5.92 Å². The Labute approximate surface area is 184 Å². The van der Waals surface area contributed by atoms with E-state index in [4.69, 9.17) is 9.97 Å². The molecule has 31 heavy (non-hydrogen) atoms. The fourth-order valence-corrected chi connectivity index (χ4v) is 5.99. The third-order valence-electron chi connectivity index (χ3n) is 7.73. The molecule has 3 unspecified atom stereocenters. The minimum absolute atomic E-state index is 0.178. The first kappa shape index (κ1) is 18.7. The molecule has 6 rings (SSSR count). The van der Waals surface area contributed by atoms with Crippen molar-refractivity contribution in [3.05, 3.63) is 84.2 Å². The Hall–Kier alpha value is -3.00. The first-order valence-corrected chi connectivity index (χ1v) is 11.6. The summed E-state index contributed by atoms with van der Waals surface area (Å²) in [4.78, 5) is 10.6. The maximum absolute atomic E-state index is 5.32. The predicted molar refractivity (Wildman–Crippen MR) is 128 cm³/mol. The van der Waals surface area contributed by atoms with Crippen LogP contribution in [0.3, 0.4) is 0 Å². The Balaban J connectivity index is 1.63. The molecule has 2 heteroatoms. The van der Waals surface area contributed by atoms with Crippen molar-refractivity contribution in [2.45, 2.75) is 50.9 Å². The first-order chi connectivity index (χ1) is 15.1. The lowest BCUT2D eigenvalue weighted by molar-refractivity contribution is 0.183. The second-order valence-corrected chi connectivity index (χ2v) is 9.78. The Kier molecular flexibility index (Phi) is 4.24. The maximum Gasteiger partial charge on any atom is 0.0897 e. The van der Waals surface area contributed by atoms with Gasteiger partial charge in [0.25, 0.3) is 0 Å². The van der Waals surface area contributed by atoms with Crippen LogP contribution in [-0.2, 0) is 5.41 Å². The molecule has 3 aromatic carbocycles. The van der Waals surface area contributed by atoms with Crippen LogP contribution in [0, 0.1) is 5.92 Å². The Morgan fingerprint density at radius 1 is 0.806 bits per heavy atom. The molecular formula is C29H28N2. The van der Waals surface area contributed by atoms with Crippen LogP contribution < -0.4 is 0 Å². The molecule has 1 aromatic heterocycles. The van der Waals surface area contributed by atoms with Crippen LogP contribution in [0.15, 0.2) is 72.8 Å². The zero-order valence-electron chi connectivity index (χ0n) is 18.3. The van der Waals surface area contributed by atoms with Gasteiger partial charge in [-0.15, -0.1) is 0 Å². The van der Waals surface area contributed by atoms with Crippen LogP contribution >= 0.6 is 0 Å². The van der Waals surface area contributed by atoms with Crippen molar-refractivity contribution in [2.75, 3.05) is 0 Å². The molecule has 2 nitrogen and oxygen atoms in total. The molecule has 1 heterocycles. The number of nitrogens with zero attached hydrogens (tertiary/aromatic N) is 2. The molecule has 2 aliphatic rings. The molecule has 1 fully saturated rings. The summed E-state index contributed by atoms with van der Waals surface area (Å²) in [6.07, 6.45) is 5.14. The van der Waals surface area contributed by atoms with Gasteiger partial charge < -0.3 is 0 Å². The summed E-state index contributed by atoms with van der Waals surface area (Å²) < 4.78 is 0. The zero-order valence-corrected chi connectivity index (χ0v) is 18.3. The van der Waals surface area contributed by atoms with Crippen LogP contribution in [0.2, 0.25) is 0 Å². The van der Waals surface area contributed by atoms with E-state index in [0.717, 1.165) is 17.0 Å². The van der Waals surface area contributed by atoms with E-state index in [1.54, 1.807) is 0 Å². The lowest BCUT2D eigenvalue weighted by Gasteiger charge is -2.46. The molecule has 3 atom stereocenters. The van der Waals surface area contributed by atoms with Gasteiger partial charge in [-0.2, -0.15) is 0 Å². The first-order valence-electron chi connectivity index (χ1n) is 11.6. The summed E-state index contributed by atoms with van der Waals surface area (Å²) in [5, 5.41) is 0. The molecule has 1 saturated carbocycles. The predicted octanol–water partition coefficient (Wildman–Crippen LogP) is 7.53. The summed E-state index contributed by atoms with van der Waals surface area (Å²) in [7, 11) is 0. The monoisotopic (exact) mass is 404 g/mol. The van der Waals surface area contributed by atoms with Crippen molar-refractivity contribution < 1.29 is 0 Å².